The van der Waals surface area contributed by atoms with E-state index in [0.29, 0.717) is 12.8 Å². The number of anilines is 2. The molecule has 0 radical (unpaired) electrons. The highest BCUT2D eigenvalue weighted by Crippen LogP contribution is 2.24. The first-order chi connectivity index (χ1) is 10.2. The number of nitrogen functional groups attached to an aromatic ring is 1. The van der Waals surface area contributed by atoms with Crippen LogP contribution in [-0.2, 0) is 11.2 Å². The molecule has 0 fully saturated rings. The number of benzene rings is 2. The molecule has 4 heteroatoms. The number of hydrogen-bond donors (Lipinski definition) is 2. The molecule has 0 saturated carbocycles. The summed E-state index contributed by atoms with van der Waals surface area (Å²) in [7, 11) is 0. The third-order valence-corrected chi connectivity index (χ3v) is 4.23. The highest BCUT2D eigenvalue weighted by atomic mass is 32.1. The lowest BCUT2D eigenvalue weighted by Crippen LogP contribution is -2.12. The molecule has 0 atom stereocenters. The molecule has 1 amide bonds. The quantitative estimate of drug-likeness (QED) is 0.713. The molecule has 0 aliphatic heterocycles. The lowest BCUT2D eigenvalue weighted by Gasteiger charge is -2.06. The molecule has 0 saturated heterocycles. The van der Waals surface area contributed by atoms with Gasteiger partial charge in [0.1, 0.15) is 0 Å². The summed E-state index contributed by atoms with van der Waals surface area (Å²) in [6, 6.07) is 15.7. The summed E-state index contributed by atoms with van der Waals surface area (Å²) < 4.78 is 1.23. The molecular formula is C17H16N2OS. The summed E-state index contributed by atoms with van der Waals surface area (Å²) in [6.45, 7) is 0. The van der Waals surface area contributed by atoms with E-state index in [1.807, 2.05) is 42.5 Å². The van der Waals surface area contributed by atoms with Crippen LogP contribution in [0, 0.1) is 0 Å². The Labute approximate surface area is 127 Å². The van der Waals surface area contributed by atoms with Gasteiger partial charge in [-0.2, -0.15) is 0 Å². The second-order valence-corrected chi connectivity index (χ2v) is 5.91. The van der Waals surface area contributed by atoms with Crippen LogP contribution >= 0.6 is 11.3 Å². The number of amides is 1. The van der Waals surface area contributed by atoms with Gasteiger partial charge in [-0.15, -0.1) is 11.3 Å². The van der Waals surface area contributed by atoms with Crippen molar-refractivity contribution in [1.82, 2.24) is 0 Å². The summed E-state index contributed by atoms with van der Waals surface area (Å²) in [5, 5.41) is 6.16. The molecule has 2 aromatic carbocycles. The van der Waals surface area contributed by atoms with Crippen LogP contribution in [0.3, 0.4) is 0 Å². The fourth-order valence-electron chi connectivity index (χ4n) is 2.27. The maximum Gasteiger partial charge on any atom is 0.224 e. The highest BCUT2D eigenvalue weighted by Gasteiger charge is 2.04. The number of nitrogens with one attached hydrogen (secondary N) is 1. The number of rotatable bonds is 4. The van der Waals surface area contributed by atoms with Crippen molar-refractivity contribution in [2.75, 3.05) is 11.1 Å². The topological polar surface area (TPSA) is 55.1 Å². The van der Waals surface area contributed by atoms with Crippen molar-refractivity contribution in [3.8, 4) is 0 Å². The first-order valence-corrected chi connectivity index (χ1v) is 7.70. The number of thiophene rings is 1. The monoisotopic (exact) mass is 296 g/mol. The van der Waals surface area contributed by atoms with E-state index in [1.165, 1.54) is 4.70 Å². The van der Waals surface area contributed by atoms with Crippen LogP contribution in [0.25, 0.3) is 10.1 Å². The number of fused-ring (bicyclic) bond motifs is 1. The minimum Gasteiger partial charge on any atom is -0.399 e. The zero-order chi connectivity index (χ0) is 14.7. The Hall–Kier alpha value is -2.33. The van der Waals surface area contributed by atoms with E-state index in [9.17, 15) is 4.79 Å². The third-order valence-electron chi connectivity index (χ3n) is 3.33. The molecule has 3 nitrogen and oxygen atoms in total. The van der Waals surface area contributed by atoms with Crippen LogP contribution < -0.4 is 11.1 Å². The molecule has 3 rings (SSSR count). The van der Waals surface area contributed by atoms with Gasteiger partial charge in [0.2, 0.25) is 5.91 Å². The fraction of sp³-hybridized carbons (Fsp3) is 0.118. The normalized spacial score (nSPS) is 10.7. The molecule has 0 aliphatic rings. The SMILES string of the molecule is Nc1cccc(CCC(=O)Nc2ccc3sccc3c2)c1. The molecule has 3 aromatic rings. The van der Waals surface area contributed by atoms with Crippen LogP contribution in [0.15, 0.2) is 53.9 Å². The van der Waals surface area contributed by atoms with Crippen LogP contribution in [0.2, 0.25) is 0 Å². The average Bonchev–Trinajstić information content (AvgIpc) is 2.93. The Morgan fingerprint density at radius 3 is 2.90 bits per heavy atom. The zero-order valence-electron chi connectivity index (χ0n) is 11.5. The molecule has 3 N–H and O–H groups in total. The molecule has 0 spiro atoms. The largest absolute Gasteiger partial charge is 0.399 e. The van der Waals surface area contributed by atoms with Crippen LogP contribution in [0.4, 0.5) is 11.4 Å². The second-order valence-electron chi connectivity index (χ2n) is 4.97. The molecule has 1 aromatic heterocycles. The summed E-state index contributed by atoms with van der Waals surface area (Å²) >= 11 is 1.70. The minimum atomic E-state index is 0.0204. The standard InChI is InChI=1S/C17H16N2OS/c18-14-3-1-2-12(10-14)4-7-17(20)19-15-5-6-16-13(11-15)8-9-21-16/h1-3,5-6,8-11H,4,7,18H2,(H,19,20). The fourth-order valence-corrected chi connectivity index (χ4v) is 3.05. The molecule has 0 aliphatic carbocycles. The highest BCUT2D eigenvalue weighted by molar-refractivity contribution is 7.17. The van der Waals surface area contributed by atoms with Crippen molar-refractivity contribution in [3.05, 3.63) is 59.5 Å². The lowest BCUT2D eigenvalue weighted by atomic mass is 10.1. The maximum absolute atomic E-state index is 12.0. The summed E-state index contributed by atoms with van der Waals surface area (Å²) in [5.74, 6) is 0.0204. The van der Waals surface area contributed by atoms with Gasteiger partial charge < -0.3 is 11.1 Å². The Balaban J connectivity index is 1.60. The van der Waals surface area contributed by atoms with Gasteiger partial charge in [0.05, 0.1) is 0 Å². The lowest BCUT2D eigenvalue weighted by molar-refractivity contribution is -0.116. The van der Waals surface area contributed by atoms with E-state index >= 15 is 0 Å². The van der Waals surface area contributed by atoms with E-state index in [2.05, 4.69) is 16.8 Å². The molecule has 1 heterocycles. The van der Waals surface area contributed by atoms with Gasteiger partial charge in [-0.3, -0.25) is 4.79 Å². The number of carbonyl (C=O) groups excluding carboxylic acids is 1. The van der Waals surface area contributed by atoms with Gasteiger partial charge in [-0.05, 0) is 59.1 Å². The van der Waals surface area contributed by atoms with Crippen molar-refractivity contribution in [1.29, 1.82) is 0 Å². The maximum atomic E-state index is 12.0. The van der Waals surface area contributed by atoms with Gasteiger partial charge in [0, 0.05) is 22.5 Å². The third kappa shape index (κ3) is 3.41. The smallest absolute Gasteiger partial charge is 0.224 e. The van der Waals surface area contributed by atoms with Gasteiger partial charge in [-0.25, -0.2) is 0 Å². The Bertz CT molecular complexity index is 779. The Morgan fingerprint density at radius 1 is 1.14 bits per heavy atom. The van der Waals surface area contributed by atoms with E-state index in [-0.39, 0.29) is 5.91 Å². The summed E-state index contributed by atoms with van der Waals surface area (Å²) in [6.07, 6.45) is 1.14. The van der Waals surface area contributed by atoms with E-state index in [0.717, 1.165) is 22.3 Å². The number of aryl methyl sites for hydroxylation is 1. The number of nitrogens with two attached hydrogens (primary N) is 1. The second kappa shape index (κ2) is 5.97. The molecule has 0 bridgehead atoms. The average molecular weight is 296 g/mol. The first-order valence-electron chi connectivity index (χ1n) is 6.82. The van der Waals surface area contributed by atoms with E-state index in [4.69, 9.17) is 5.73 Å². The molecule has 0 unspecified atom stereocenters. The summed E-state index contributed by atoms with van der Waals surface area (Å²) in [4.78, 5) is 12.0. The first kappa shape index (κ1) is 13.6. The number of hydrogen-bond acceptors (Lipinski definition) is 3. The van der Waals surface area contributed by atoms with Crippen molar-refractivity contribution < 1.29 is 4.79 Å². The molecule has 106 valence electrons. The van der Waals surface area contributed by atoms with Gasteiger partial charge >= 0.3 is 0 Å². The van der Waals surface area contributed by atoms with E-state index in [1.54, 1.807) is 11.3 Å². The number of carbonyl (C=O) groups is 1. The van der Waals surface area contributed by atoms with Crippen molar-refractivity contribution >= 4 is 38.7 Å². The Kier molecular flexibility index (Phi) is 3.88. The van der Waals surface area contributed by atoms with Crippen LogP contribution in [0.5, 0.6) is 0 Å². The van der Waals surface area contributed by atoms with Crippen molar-refractivity contribution in [2.24, 2.45) is 0 Å². The minimum absolute atomic E-state index is 0.0204. The molecule has 21 heavy (non-hydrogen) atoms. The van der Waals surface area contributed by atoms with Gasteiger partial charge in [0.15, 0.2) is 0 Å². The summed E-state index contributed by atoms with van der Waals surface area (Å²) in [5.41, 5.74) is 8.39. The molecular weight excluding hydrogens is 280 g/mol. The predicted molar refractivity (Wildman–Crippen MR) is 89.6 cm³/mol. The van der Waals surface area contributed by atoms with Crippen molar-refractivity contribution in [3.63, 3.8) is 0 Å². The van der Waals surface area contributed by atoms with E-state index < -0.39 is 0 Å². The Morgan fingerprint density at radius 2 is 2.05 bits per heavy atom. The van der Waals surface area contributed by atoms with Crippen LogP contribution in [0.1, 0.15) is 12.0 Å². The van der Waals surface area contributed by atoms with Gasteiger partial charge in [-0.1, -0.05) is 12.1 Å². The van der Waals surface area contributed by atoms with Gasteiger partial charge in [0.25, 0.3) is 0 Å². The van der Waals surface area contributed by atoms with Crippen molar-refractivity contribution in [2.45, 2.75) is 12.8 Å². The zero-order valence-corrected chi connectivity index (χ0v) is 12.3. The predicted octanol–water partition coefficient (Wildman–Crippen LogP) is 4.05. The van der Waals surface area contributed by atoms with Crippen LogP contribution in [-0.4, -0.2) is 5.91 Å².